The molecule has 5 heteroatoms. The highest BCUT2D eigenvalue weighted by molar-refractivity contribution is 9.10. The molecule has 106 valence electrons. The number of nitrogens with zero attached hydrogens (tertiary/aromatic N) is 1. The highest BCUT2D eigenvalue weighted by Gasteiger charge is 2.33. The van der Waals surface area contributed by atoms with Gasteiger partial charge in [-0.2, -0.15) is 0 Å². The van der Waals surface area contributed by atoms with Gasteiger partial charge in [-0.25, -0.2) is 9.37 Å². The second-order valence-corrected chi connectivity index (χ2v) is 8.09. The lowest BCUT2D eigenvalue weighted by molar-refractivity contribution is 0.282. The van der Waals surface area contributed by atoms with Gasteiger partial charge in [-0.3, -0.25) is 0 Å². The third-order valence-corrected chi connectivity index (χ3v) is 5.33. The number of fused-ring (bicyclic) bond motifs is 1. The van der Waals surface area contributed by atoms with Crippen LogP contribution in [0.25, 0.3) is 10.6 Å². The van der Waals surface area contributed by atoms with Crippen molar-refractivity contribution in [1.82, 2.24) is 4.98 Å². The molecular formula is C15H16BrFN2S. The normalized spacial score (nSPS) is 20.8. The van der Waals surface area contributed by atoms with E-state index in [1.165, 1.54) is 12.1 Å². The van der Waals surface area contributed by atoms with Crippen LogP contribution in [0.1, 0.15) is 36.9 Å². The van der Waals surface area contributed by atoms with Crippen LogP contribution in [0.3, 0.4) is 0 Å². The van der Waals surface area contributed by atoms with Gasteiger partial charge in [-0.05, 0) is 36.5 Å². The molecule has 0 bridgehead atoms. The van der Waals surface area contributed by atoms with Gasteiger partial charge in [0.15, 0.2) is 0 Å². The maximum absolute atomic E-state index is 13.5. The van der Waals surface area contributed by atoms with Gasteiger partial charge < -0.3 is 5.73 Å². The smallest absolute Gasteiger partial charge is 0.125 e. The lowest BCUT2D eigenvalue weighted by Gasteiger charge is -2.32. The van der Waals surface area contributed by atoms with E-state index in [-0.39, 0.29) is 17.3 Å². The fourth-order valence-electron chi connectivity index (χ4n) is 2.79. The molecule has 1 aliphatic rings. The molecule has 20 heavy (non-hydrogen) atoms. The van der Waals surface area contributed by atoms with E-state index in [9.17, 15) is 4.39 Å². The number of benzene rings is 1. The first kappa shape index (κ1) is 14.2. The van der Waals surface area contributed by atoms with Crippen molar-refractivity contribution in [1.29, 1.82) is 0 Å². The zero-order chi connectivity index (χ0) is 14.5. The minimum atomic E-state index is -0.257. The Hall–Kier alpha value is -0.780. The molecule has 1 atom stereocenters. The number of aromatic nitrogens is 1. The molecule has 1 aliphatic carbocycles. The number of hydrogen-bond donors (Lipinski definition) is 1. The van der Waals surface area contributed by atoms with Gasteiger partial charge in [-0.1, -0.05) is 29.8 Å². The number of thiazole rings is 1. The number of rotatable bonds is 1. The summed E-state index contributed by atoms with van der Waals surface area (Å²) in [4.78, 5) is 5.85. The summed E-state index contributed by atoms with van der Waals surface area (Å²) in [5, 5.41) is 0.850. The molecule has 0 fully saturated rings. The highest BCUT2D eigenvalue weighted by atomic mass is 79.9. The van der Waals surface area contributed by atoms with Gasteiger partial charge in [0.1, 0.15) is 10.8 Å². The molecular weight excluding hydrogens is 339 g/mol. The predicted molar refractivity (Wildman–Crippen MR) is 84.2 cm³/mol. The van der Waals surface area contributed by atoms with Gasteiger partial charge in [0, 0.05) is 21.0 Å². The highest BCUT2D eigenvalue weighted by Crippen LogP contribution is 2.43. The Morgan fingerprint density at radius 2 is 2.15 bits per heavy atom. The van der Waals surface area contributed by atoms with Gasteiger partial charge >= 0.3 is 0 Å². The fraction of sp³-hybridized carbons (Fsp3) is 0.400. The van der Waals surface area contributed by atoms with E-state index >= 15 is 0 Å². The molecule has 2 N–H and O–H groups in total. The van der Waals surface area contributed by atoms with E-state index in [4.69, 9.17) is 10.7 Å². The van der Waals surface area contributed by atoms with Crippen LogP contribution in [-0.4, -0.2) is 4.98 Å². The maximum atomic E-state index is 13.5. The molecule has 0 radical (unpaired) electrons. The van der Waals surface area contributed by atoms with E-state index in [0.29, 0.717) is 0 Å². The van der Waals surface area contributed by atoms with Crippen LogP contribution in [0, 0.1) is 11.2 Å². The SMILES string of the molecule is CC1(C)Cc2nc(-c3cc(F)cc(Br)c3)sc2C(N)C1. The lowest BCUT2D eigenvalue weighted by Crippen LogP contribution is -2.28. The second-order valence-electron chi connectivity index (χ2n) is 6.14. The largest absolute Gasteiger partial charge is 0.323 e. The molecule has 0 saturated carbocycles. The van der Waals surface area contributed by atoms with E-state index in [1.807, 2.05) is 6.07 Å². The third-order valence-electron chi connectivity index (χ3n) is 3.59. The van der Waals surface area contributed by atoms with Crippen LogP contribution in [-0.2, 0) is 6.42 Å². The van der Waals surface area contributed by atoms with Gasteiger partial charge in [-0.15, -0.1) is 11.3 Å². The number of hydrogen-bond acceptors (Lipinski definition) is 3. The molecule has 3 rings (SSSR count). The first-order valence-corrected chi connectivity index (χ1v) is 8.17. The molecule has 2 aromatic rings. The molecule has 0 spiro atoms. The van der Waals surface area contributed by atoms with Gasteiger partial charge in [0.25, 0.3) is 0 Å². The average Bonchev–Trinajstić information content (AvgIpc) is 2.69. The zero-order valence-corrected chi connectivity index (χ0v) is 13.8. The van der Waals surface area contributed by atoms with Crippen molar-refractivity contribution in [3.63, 3.8) is 0 Å². The van der Waals surface area contributed by atoms with Crippen LogP contribution >= 0.6 is 27.3 Å². The summed E-state index contributed by atoms with van der Waals surface area (Å²) in [6.45, 7) is 4.43. The van der Waals surface area contributed by atoms with E-state index < -0.39 is 0 Å². The molecule has 1 aromatic carbocycles. The Kier molecular flexibility index (Phi) is 3.47. The summed E-state index contributed by atoms with van der Waals surface area (Å²) in [6, 6.07) is 4.90. The Bertz CT molecular complexity index is 646. The Morgan fingerprint density at radius 3 is 2.85 bits per heavy atom. The predicted octanol–water partition coefficient (Wildman–Crippen LogP) is 4.68. The van der Waals surface area contributed by atoms with Crippen molar-refractivity contribution in [3.05, 3.63) is 39.1 Å². The fourth-order valence-corrected chi connectivity index (χ4v) is 4.33. The summed E-state index contributed by atoms with van der Waals surface area (Å²) >= 11 is 4.92. The number of nitrogens with two attached hydrogens (primary N) is 1. The first-order chi connectivity index (χ1) is 9.34. The Balaban J connectivity index is 2.05. The standard InChI is InChI=1S/C15H16BrFN2S/c1-15(2)6-11(18)13-12(7-15)19-14(20-13)8-3-9(16)5-10(17)4-8/h3-5,11H,6-7,18H2,1-2H3. The average molecular weight is 355 g/mol. The minimum Gasteiger partial charge on any atom is -0.323 e. The van der Waals surface area contributed by atoms with E-state index in [1.54, 1.807) is 11.3 Å². The lowest BCUT2D eigenvalue weighted by atomic mass is 9.77. The zero-order valence-electron chi connectivity index (χ0n) is 11.4. The van der Waals surface area contributed by atoms with E-state index in [2.05, 4.69) is 29.8 Å². The Morgan fingerprint density at radius 1 is 1.40 bits per heavy atom. The molecule has 2 nitrogen and oxygen atoms in total. The van der Waals surface area contributed by atoms with Crippen LogP contribution in [0.15, 0.2) is 22.7 Å². The summed E-state index contributed by atoms with van der Waals surface area (Å²) in [7, 11) is 0. The summed E-state index contributed by atoms with van der Waals surface area (Å²) in [5.41, 5.74) is 8.33. The topological polar surface area (TPSA) is 38.9 Å². The molecule has 0 amide bonds. The van der Waals surface area contributed by atoms with Crippen LogP contribution < -0.4 is 5.73 Å². The monoisotopic (exact) mass is 354 g/mol. The van der Waals surface area contributed by atoms with Crippen LogP contribution in [0.4, 0.5) is 4.39 Å². The molecule has 0 aliphatic heterocycles. The molecule has 1 heterocycles. The van der Waals surface area contributed by atoms with Crippen LogP contribution in [0.2, 0.25) is 0 Å². The summed E-state index contributed by atoms with van der Waals surface area (Å²) < 4.78 is 14.2. The van der Waals surface area contributed by atoms with Gasteiger partial charge in [0.05, 0.1) is 5.69 Å². The summed E-state index contributed by atoms with van der Waals surface area (Å²) in [6.07, 6.45) is 1.90. The van der Waals surface area contributed by atoms with Crippen molar-refractivity contribution < 1.29 is 4.39 Å². The van der Waals surface area contributed by atoms with E-state index in [0.717, 1.165) is 38.5 Å². The van der Waals surface area contributed by atoms with Crippen LogP contribution in [0.5, 0.6) is 0 Å². The van der Waals surface area contributed by atoms with Crippen molar-refractivity contribution in [2.45, 2.75) is 32.7 Å². The first-order valence-electron chi connectivity index (χ1n) is 6.56. The molecule has 1 aromatic heterocycles. The molecule has 1 unspecified atom stereocenters. The van der Waals surface area contributed by atoms with Crippen molar-refractivity contribution in [2.24, 2.45) is 11.1 Å². The molecule has 0 saturated heterocycles. The second kappa shape index (κ2) is 4.90. The summed E-state index contributed by atoms with van der Waals surface area (Å²) in [5.74, 6) is -0.257. The van der Waals surface area contributed by atoms with Crippen molar-refractivity contribution in [3.8, 4) is 10.6 Å². The van der Waals surface area contributed by atoms with Crippen molar-refractivity contribution in [2.75, 3.05) is 0 Å². The minimum absolute atomic E-state index is 0.0389. The quantitative estimate of drug-likeness (QED) is 0.806. The third kappa shape index (κ3) is 2.67. The van der Waals surface area contributed by atoms with Crippen molar-refractivity contribution >= 4 is 27.3 Å². The maximum Gasteiger partial charge on any atom is 0.125 e. The Labute approximate surface area is 130 Å². The number of halogens is 2. The van der Waals surface area contributed by atoms with Gasteiger partial charge in [0.2, 0.25) is 0 Å².